The van der Waals surface area contributed by atoms with E-state index in [-0.39, 0.29) is 11.9 Å². The van der Waals surface area contributed by atoms with Crippen LogP contribution in [0.15, 0.2) is 0 Å². The molecule has 0 spiro atoms. The van der Waals surface area contributed by atoms with E-state index in [2.05, 4.69) is 12.6 Å². The largest absolute Gasteiger partial charge is 0.327 e. The van der Waals surface area contributed by atoms with Gasteiger partial charge in [-0.05, 0) is 6.42 Å². The van der Waals surface area contributed by atoms with Gasteiger partial charge in [0.2, 0.25) is 0 Å². The Morgan fingerprint density at radius 2 is 1.92 bits per heavy atom. The Morgan fingerprint density at radius 3 is 2.08 bits per heavy atom. The smallest absolute Gasteiger partial charge is 0.304 e. The lowest BCUT2D eigenvalue weighted by molar-refractivity contribution is -0.128. The second-order valence-electron chi connectivity index (χ2n) is 2.88. The van der Waals surface area contributed by atoms with Gasteiger partial charge in [-0.25, -0.2) is 4.79 Å². The van der Waals surface area contributed by atoms with Gasteiger partial charge in [0.25, 0.3) is 5.91 Å². The van der Waals surface area contributed by atoms with Crippen LogP contribution in [0, 0.1) is 0 Å². The van der Waals surface area contributed by atoms with E-state index < -0.39 is 4.87 Å². The molecule has 1 aliphatic rings. The number of thiol groups is 1. The van der Waals surface area contributed by atoms with Crippen molar-refractivity contribution >= 4 is 24.6 Å². The number of carbonyl (C=O) groups excluding carboxylic acids is 2. The number of urea groups is 1. The summed E-state index contributed by atoms with van der Waals surface area (Å²) in [6.45, 7) is 1.83. The predicted octanol–water partition coefficient (Wildman–Crippen LogP) is 0.546. The van der Waals surface area contributed by atoms with Gasteiger partial charge < -0.3 is 4.90 Å². The summed E-state index contributed by atoms with van der Waals surface area (Å²) >= 11 is 4.20. The van der Waals surface area contributed by atoms with Crippen molar-refractivity contribution in [3.05, 3.63) is 0 Å². The van der Waals surface area contributed by atoms with Gasteiger partial charge in [0.1, 0.15) is 0 Å². The van der Waals surface area contributed by atoms with Crippen LogP contribution >= 0.6 is 12.6 Å². The summed E-state index contributed by atoms with van der Waals surface area (Å²) in [6.07, 6.45) is 0.515. The highest BCUT2D eigenvalue weighted by atomic mass is 32.1. The van der Waals surface area contributed by atoms with Gasteiger partial charge in [-0.15, -0.1) is 12.6 Å². The van der Waals surface area contributed by atoms with Crippen molar-refractivity contribution in [1.29, 1.82) is 0 Å². The third kappa shape index (κ3) is 0.924. The van der Waals surface area contributed by atoms with Crippen molar-refractivity contribution in [2.75, 3.05) is 14.1 Å². The zero-order valence-electron chi connectivity index (χ0n) is 7.37. The van der Waals surface area contributed by atoms with Crippen LogP contribution in [0.4, 0.5) is 4.79 Å². The van der Waals surface area contributed by atoms with Crippen LogP contribution in [0.3, 0.4) is 0 Å². The van der Waals surface area contributed by atoms with Gasteiger partial charge in [-0.1, -0.05) is 6.92 Å². The first-order valence-corrected chi connectivity index (χ1v) is 4.18. The molecule has 0 bridgehead atoms. The molecule has 1 saturated heterocycles. The van der Waals surface area contributed by atoms with Crippen LogP contribution in [0.5, 0.6) is 0 Å². The lowest BCUT2D eigenvalue weighted by atomic mass is 10.2. The summed E-state index contributed by atoms with van der Waals surface area (Å²) in [5.41, 5.74) is 0. The molecule has 0 N–H and O–H groups in total. The molecule has 1 aliphatic heterocycles. The number of carbonyl (C=O) groups is 2. The van der Waals surface area contributed by atoms with E-state index in [0.717, 1.165) is 4.90 Å². The maximum atomic E-state index is 11.5. The van der Waals surface area contributed by atoms with Crippen LogP contribution in [-0.4, -0.2) is 40.7 Å². The molecule has 0 aromatic rings. The first kappa shape index (κ1) is 9.38. The molecule has 0 aliphatic carbocycles. The van der Waals surface area contributed by atoms with Crippen LogP contribution in [0.1, 0.15) is 13.3 Å². The minimum Gasteiger partial charge on any atom is -0.304 e. The first-order chi connectivity index (χ1) is 5.45. The van der Waals surface area contributed by atoms with Crippen molar-refractivity contribution < 1.29 is 9.59 Å². The second kappa shape index (κ2) is 2.65. The standard InChI is InChI=1S/C7H12N2O2S/c1-4-7(12)5(10)8(2)6(11)9(7)3/h12H,4H2,1-3H3. The Balaban J connectivity index is 3.06. The van der Waals surface area contributed by atoms with Gasteiger partial charge in [0.05, 0.1) is 0 Å². The molecule has 0 aromatic heterocycles. The minimum atomic E-state index is -0.939. The van der Waals surface area contributed by atoms with Gasteiger partial charge in [-0.3, -0.25) is 9.69 Å². The summed E-state index contributed by atoms with van der Waals surface area (Å²) < 4.78 is 0. The lowest BCUT2D eigenvalue weighted by Gasteiger charge is -2.25. The summed E-state index contributed by atoms with van der Waals surface area (Å²) in [5, 5.41) is 0. The number of rotatable bonds is 1. The van der Waals surface area contributed by atoms with E-state index in [0.29, 0.717) is 6.42 Å². The monoisotopic (exact) mass is 188 g/mol. The SMILES string of the molecule is CCC1(S)C(=O)N(C)C(=O)N1C. The lowest BCUT2D eigenvalue weighted by Crippen LogP contribution is -2.41. The molecule has 68 valence electrons. The molecule has 1 atom stereocenters. The Kier molecular flexibility index (Phi) is 2.07. The zero-order chi connectivity index (χ0) is 9.52. The highest BCUT2D eigenvalue weighted by Crippen LogP contribution is 2.31. The van der Waals surface area contributed by atoms with E-state index in [9.17, 15) is 9.59 Å². The Bertz CT molecular complexity index is 244. The second-order valence-corrected chi connectivity index (χ2v) is 3.62. The van der Waals surface area contributed by atoms with Gasteiger partial charge in [-0.2, -0.15) is 0 Å². The van der Waals surface area contributed by atoms with Crippen molar-refractivity contribution in [2.45, 2.75) is 18.2 Å². The molecular weight excluding hydrogens is 176 g/mol. The van der Waals surface area contributed by atoms with E-state index >= 15 is 0 Å². The van der Waals surface area contributed by atoms with Crippen LogP contribution < -0.4 is 0 Å². The third-order valence-corrected chi connectivity index (χ3v) is 3.08. The highest BCUT2D eigenvalue weighted by Gasteiger charge is 2.50. The summed E-state index contributed by atoms with van der Waals surface area (Å²) in [7, 11) is 3.05. The van der Waals surface area contributed by atoms with Crippen LogP contribution in [0.2, 0.25) is 0 Å². The number of imide groups is 1. The summed E-state index contributed by atoms with van der Waals surface area (Å²) in [6, 6.07) is -0.295. The molecule has 5 heteroatoms. The van der Waals surface area contributed by atoms with Crippen molar-refractivity contribution in [3.8, 4) is 0 Å². The maximum absolute atomic E-state index is 11.5. The molecule has 1 heterocycles. The predicted molar refractivity (Wildman–Crippen MR) is 47.9 cm³/mol. The molecular formula is C7H12N2O2S. The molecule has 3 amide bonds. The van der Waals surface area contributed by atoms with E-state index in [1.165, 1.54) is 11.9 Å². The summed E-state index contributed by atoms with van der Waals surface area (Å²) in [5.74, 6) is -0.249. The molecule has 12 heavy (non-hydrogen) atoms. The molecule has 1 fully saturated rings. The number of amides is 3. The molecule has 1 rings (SSSR count). The van der Waals surface area contributed by atoms with Gasteiger partial charge in [0, 0.05) is 14.1 Å². The molecule has 0 aromatic carbocycles. The minimum absolute atomic E-state index is 0.249. The fraction of sp³-hybridized carbons (Fsp3) is 0.714. The van der Waals surface area contributed by atoms with Crippen molar-refractivity contribution in [3.63, 3.8) is 0 Å². The summed E-state index contributed by atoms with van der Waals surface area (Å²) in [4.78, 5) is 24.3. The average Bonchev–Trinajstić information content (AvgIpc) is 2.22. The number of hydrogen-bond acceptors (Lipinski definition) is 3. The van der Waals surface area contributed by atoms with Crippen LogP contribution in [0.25, 0.3) is 0 Å². The Hall–Kier alpha value is -0.710. The number of hydrogen-bond donors (Lipinski definition) is 1. The normalized spacial score (nSPS) is 30.3. The Morgan fingerprint density at radius 1 is 1.42 bits per heavy atom. The van der Waals surface area contributed by atoms with E-state index in [1.54, 1.807) is 7.05 Å². The first-order valence-electron chi connectivity index (χ1n) is 3.73. The fourth-order valence-corrected chi connectivity index (χ4v) is 1.51. The number of likely N-dealkylation sites (N-methyl/N-ethyl adjacent to an activating group) is 2. The van der Waals surface area contributed by atoms with E-state index in [1.807, 2.05) is 6.92 Å². The molecule has 0 radical (unpaired) electrons. The molecule has 4 nitrogen and oxygen atoms in total. The maximum Gasteiger partial charge on any atom is 0.327 e. The van der Waals surface area contributed by atoms with E-state index in [4.69, 9.17) is 0 Å². The third-order valence-electron chi connectivity index (χ3n) is 2.27. The fourth-order valence-electron chi connectivity index (χ4n) is 1.27. The van der Waals surface area contributed by atoms with Crippen LogP contribution in [-0.2, 0) is 4.79 Å². The zero-order valence-corrected chi connectivity index (χ0v) is 8.26. The number of nitrogens with zero attached hydrogens (tertiary/aromatic N) is 2. The topological polar surface area (TPSA) is 40.6 Å². The highest BCUT2D eigenvalue weighted by molar-refractivity contribution is 7.82. The Labute approximate surface area is 76.9 Å². The molecule has 1 unspecified atom stereocenters. The van der Waals surface area contributed by atoms with Crippen molar-refractivity contribution in [1.82, 2.24) is 9.80 Å². The van der Waals surface area contributed by atoms with Gasteiger partial charge in [0.15, 0.2) is 4.87 Å². The van der Waals surface area contributed by atoms with Crippen molar-refractivity contribution in [2.24, 2.45) is 0 Å². The molecule has 0 saturated carbocycles. The quantitative estimate of drug-likeness (QED) is 0.482. The average molecular weight is 188 g/mol. The van der Waals surface area contributed by atoms with Gasteiger partial charge >= 0.3 is 6.03 Å².